The van der Waals surface area contributed by atoms with E-state index in [1.807, 2.05) is 0 Å². The van der Waals surface area contributed by atoms with Crippen LogP contribution in [-0.4, -0.2) is 32.9 Å². The molecule has 0 aliphatic rings. The highest BCUT2D eigenvalue weighted by atomic mass is 32.2. The Labute approximate surface area is 195 Å². The van der Waals surface area contributed by atoms with Gasteiger partial charge in [0.15, 0.2) is 0 Å². The number of carbonyl (C=O) groups is 2. The average molecular weight is 502 g/mol. The number of benzene rings is 2. The minimum absolute atomic E-state index is 0.0873. The molecule has 34 heavy (non-hydrogen) atoms. The molecular formula is C22H26F3N3O5S. The van der Waals surface area contributed by atoms with Gasteiger partial charge in [0.1, 0.15) is 16.7 Å². The molecule has 1 atom stereocenters. The molecule has 8 nitrogen and oxygen atoms in total. The summed E-state index contributed by atoms with van der Waals surface area (Å²) < 4.78 is 72.2. The quantitative estimate of drug-likeness (QED) is 0.481. The smallest absolute Gasteiger partial charge is 0.416 e. The van der Waals surface area contributed by atoms with Gasteiger partial charge in [0.25, 0.3) is 10.0 Å². The van der Waals surface area contributed by atoms with Crippen LogP contribution in [-0.2, 0) is 25.8 Å². The first-order valence-electron chi connectivity index (χ1n) is 10.3. The molecule has 0 unspecified atom stereocenters. The first-order chi connectivity index (χ1) is 15.7. The van der Waals surface area contributed by atoms with E-state index in [1.54, 1.807) is 20.8 Å². The van der Waals surface area contributed by atoms with Gasteiger partial charge in [0.05, 0.1) is 12.2 Å². The Morgan fingerprint density at radius 3 is 2.29 bits per heavy atom. The molecule has 0 aliphatic heterocycles. The number of rotatable bonds is 9. The van der Waals surface area contributed by atoms with Gasteiger partial charge in [0, 0.05) is 24.4 Å². The summed E-state index contributed by atoms with van der Waals surface area (Å²) in [5.41, 5.74) is -1.07. The third kappa shape index (κ3) is 7.11. The molecule has 0 spiro atoms. The van der Waals surface area contributed by atoms with E-state index in [9.17, 15) is 31.2 Å². The lowest BCUT2D eigenvalue weighted by Crippen LogP contribution is -2.46. The summed E-state index contributed by atoms with van der Waals surface area (Å²) in [5, 5.41) is 5.16. The number of ether oxygens (including phenoxy) is 1. The molecule has 0 bridgehead atoms. The number of amides is 2. The molecule has 0 fully saturated rings. The zero-order valence-corrected chi connectivity index (χ0v) is 19.8. The van der Waals surface area contributed by atoms with E-state index in [1.165, 1.54) is 31.2 Å². The summed E-state index contributed by atoms with van der Waals surface area (Å²) in [6.45, 7) is 6.49. The van der Waals surface area contributed by atoms with Gasteiger partial charge in [-0.15, -0.1) is 0 Å². The molecule has 2 rings (SSSR count). The molecule has 12 heteroatoms. The Kier molecular flexibility index (Phi) is 8.54. The topological polar surface area (TPSA) is 114 Å². The van der Waals surface area contributed by atoms with Crippen LogP contribution in [0.5, 0.6) is 5.75 Å². The van der Waals surface area contributed by atoms with Crippen LogP contribution in [0.15, 0.2) is 47.4 Å². The van der Waals surface area contributed by atoms with E-state index < -0.39 is 33.7 Å². The SMILES string of the molecule is CCOc1cc(NC(=O)[C@@H](NC(C)=O)C(C)C)ccc1S(=O)(=O)Nc1cccc(C(F)(F)F)c1. The van der Waals surface area contributed by atoms with Gasteiger partial charge >= 0.3 is 6.18 Å². The normalized spacial score (nSPS) is 12.7. The van der Waals surface area contributed by atoms with Crippen molar-refractivity contribution < 1.29 is 35.9 Å². The summed E-state index contributed by atoms with van der Waals surface area (Å²) in [5.74, 6) is -1.22. The molecule has 2 amide bonds. The van der Waals surface area contributed by atoms with Crippen LogP contribution in [0.4, 0.5) is 24.5 Å². The van der Waals surface area contributed by atoms with Gasteiger partial charge in [-0.25, -0.2) is 8.42 Å². The van der Waals surface area contributed by atoms with Crippen LogP contribution < -0.4 is 20.1 Å². The maximum absolute atomic E-state index is 13.0. The van der Waals surface area contributed by atoms with E-state index in [-0.39, 0.29) is 40.5 Å². The van der Waals surface area contributed by atoms with Gasteiger partial charge in [-0.3, -0.25) is 14.3 Å². The van der Waals surface area contributed by atoms with Crippen LogP contribution in [0, 0.1) is 5.92 Å². The molecule has 0 aromatic heterocycles. The fourth-order valence-electron chi connectivity index (χ4n) is 3.02. The van der Waals surface area contributed by atoms with Crippen molar-refractivity contribution in [2.45, 2.75) is 44.8 Å². The van der Waals surface area contributed by atoms with Crippen LogP contribution >= 0.6 is 0 Å². The minimum Gasteiger partial charge on any atom is -0.492 e. The Hall–Kier alpha value is -3.28. The summed E-state index contributed by atoms with van der Waals surface area (Å²) in [7, 11) is -4.33. The van der Waals surface area contributed by atoms with Gasteiger partial charge in [-0.2, -0.15) is 13.2 Å². The summed E-state index contributed by atoms with van der Waals surface area (Å²) in [4.78, 5) is 23.7. The van der Waals surface area contributed by atoms with Crippen molar-refractivity contribution in [2.75, 3.05) is 16.6 Å². The largest absolute Gasteiger partial charge is 0.492 e. The number of anilines is 2. The fraction of sp³-hybridized carbons (Fsp3) is 0.364. The third-order valence-electron chi connectivity index (χ3n) is 4.55. The monoisotopic (exact) mass is 501 g/mol. The van der Waals surface area contributed by atoms with Gasteiger partial charge in [-0.1, -0.05) is 19.9 Å². The molecule has 0 radical (unpaired) electrons. The number of alkyl halides is 3. The van der Waals surface area contributed by atoms with Crippen LogP contribution in [0.2, 0.25) is 0 Å². The second-order valence-electron chi connectivity index (χ2n) is 7.69. The van der Waals surface area contributed by atoms with Crippen molar-refractivity contribution in [3.05, 3.63) is 48.0 Å². The van der Waals surface area contributed by atoms with Crippen molar-refractivity contribution in [1.82, 2.24) is 5.32 Å². The van der Waals surface area contributed by atoms with Crippen LogP contribution in [0.25, 0.3) is 0 Å². The standard InChI is InChI=1S/C22H26F3N3O5S/c1-5-33-18-12-16(27-21(30)20(13(2)3)26-14(4)29)9-10-19(18)34(31,32)28-17-8-6-7-15(11-17)22(23,24)25/h6-13,20,28H,5H2,1-4H3,(H,26,29)(H,27,30)/t20-/m0/s1. The third-order valence-corrected chi connectivity index (χ3v) is 5.97. The number of hydrogen-bond acceptors (Lipinski definition) is 5. The minimum atomic E-state index is -4.64. The van der Waals surface area contributed by atoms with Crippen molar-refractivity contribution in [2.24, 2.45) is 5.92 Å². The van der Waals surface area contributed by atoms with Gasteiger partial charge in [0.2, 0.25) is 11.8 Å². The molecule has 0 saturated heterocycles. The van der Waals surface area contributed by atoms with E-state index in [0.29, 0.717) is 6.07 Å². The highest BCUT2D eigenvalue weighted by Gasteiger charge is 2.31. The number of hydrogen-bond donors (Lipinski definition) is 3. The number of carbonyl (C=O) groups excluding carboxylic acids is 2. The fourth-order valence-corrected chi connectivity index (χ4v) is 4.20. The molecule has 2 aromatic rings. The van der Waals surface area contributed by atoms with E-state index >= 15 is 0 Å². The van der Waals surface area contributed by atoms with Crippen LogP contribution in [0.3, 0.4) is 0 Å². The number of sulfonamides is 1. The maximum Gasteiger partial charge on any atom is 0.416 e. The van der Waals surface area contributed by atoms with Gasteiger partial charge < -0.3 is 15.4 Å². The maximum atomic E-state index is 13.0. The molecule has 2 aromatic carbocycles. The number of halogens is 3. The number of nitrogens with one attached hydrogen (secondary N) is 3. The predicted octanol–water partition coefficient (Wildman–Crippen LogP) is 4.00. The lowest BCUT2D eigenvalue weighted by atomic mass is 10.0. The molecule has 0 aliphatic carbocycles. The summed E-state index contributed by atoms with van der Waals surface area (Å²) >= 11 is 0. The van der Waals surface area contributed by atoms with Crippen molar-refractivity contribution in [1.29, 1.82) is 0 Å². The Morgan fingerprint density at radius 2 is 1.74 bits per heavy atom. The van der Waals surface area contributed by atoms with Crippen molar-refractivity contribution >= 4 is 33.2 Å². The zero-order chi connectivity index (χ0) is 25.7. The van der Waals surface area contributed by atoms with Crippen LogP contribution in [0.1, 0.15) is 33.3 Å². The molecule has 186 valence electrons. The molecule has 3 N–H and O–H groups in total. The highest BCUT2D eigenvalue weighted by molar-refractivity contribution is 7.92. The van der Waals surface area contributed by atoms with E-state index in [2.05, 4.69) is 15.4 Å². The first kappa shape index (κ1) is 27.0. The Bertz CT molecular complexity index is 1150. The van der Waals surface area contributed by atoms with E-state index in [4.69, 9.17) is 4.74 Å². The summed E-state index contributed by atoms with van der Waals surface area (Å²) in [6, 6.07) is 6.73. The van der Waals surface area contributed by atoms with E-state index in [0.717, 1.165) is 12.1 Å². The highest BCUT2D eigenvalue weighted by Crippen LogP contribution is 2.33. The second kappa shape index (κ2) is 10.8. The zero-order valence-electron chi connectivity index (χ0n) is 19.0. The average Bonchev–Trinajstić information content (AvgIpc) is 2.71. The lowest BCUT2D eigenvalue weighted by Gasteiger charge is -2.21. The first-order valence-corrected chi connectivity index (χ1v) is 11.8. The predicted molar refractivity (Wildman–Crippen MR) is 121 cm³/mol. The second-order valence-corrected chi connectivity index (χ2v) is 9.34. The molecular weight excluding hydrogens is 475 g/mol. The summed E-state index contributed by atoms with van der Waals surface area (Å²) in [6.07, 6.45) is -4.64. The van der Waals surface area contributed by atoms with Gasteiger partial charge in [-0.05, 0) is 43.2 Å². The Morgan fingerprint density at radius 1 is 1.06 bits per heavy atom. The Balaban J connectivity index is 2.34. The van der Waals surface area contributed by atoms with Crippen molar-refractivity contribution in [3.8, 4) is 5.75 Å². The molecule has 0 saturated carbocycles. The van der Waals surface area contributed by atoms with Crippen molar-refractivity contribution in [3.63, 3.8) is 0 Å². The lowest BCUT2D eigenvalue weighted by molar-refractivity contribution is -0.137. The molecule has 0 heterocycles.